The van der Waals surface area contributed by atoms with Crippen molar-refractivity contribution in [2.45, 2.75) is 117 Å². The summed E-state index contributed by atoms with van der Waals surface area (Å²) in [5.41, 5.74) is 0. The van der Waals surface area contributed by atoms with Gasteiger partial charge in [-0.1, -0.05) is 104 Å². The van der Waals surface area contributed by atoms with Crippen molar-refractivity contribution < 1.29 is 34.3 Å². The summed E-state index contributed by atoms with van der Waals surface area (Å²) in [7, 11) is -8.96. The average molecular weight is 499 g/mol. The Labute approximate surface area is 207 Å². The molecule has 0 aromatic heterocycles. The Balaban J connectivity index is -0.000000490. The molecule has 31 heavy (non-hydrogen) atoms. The maximum Gasteiger partial charge on any atom is 2.00 e. The van der Waals surface area contributed by atoms with Gasteiger partial charge in [-0.05, 0) is 12.8 Å². The van der Waals surface area contributed by atoms with E-state index in [0.29, 0.717) is 12.8 Å². The normalized spacial score (nSPS) is 11.5. The topological polar surface area (TPSA) is 133 Å². The second kappa shape index (κ2) is 25.1. The van der Waals surface area contributed by atoms with Gasteiger partial charge in [-0.3, -0.25) is 8.37 Å². The van der Waals surface area contributed by atoms with Crippen molar-refractivity contribution in [1.29, 1.82) is 0 Å². The van der Waals surface area contributed by atoms with Crippen molar-refractivity contribution in [2.24, 2.45) is 0 Å². The third kappa shape index (κ3) is 41.3. The summed E-state index contributed by atoms with van der Waals surface area (Å²) >= 11 is 0. The van der Waals surface area contributed by atoms with Gasteiger partial charge in [-0.2, -0.15) is 0 Å². The van der Waals surface area contributed by atoms with Crippen LogP contribution in [0, 0.1) is 0 Å². The van der Waals surface area contributed by atoms with Gasteiger partial charge in [0, 0.05) is 0 Å². The Morgan fingerprint density at radius 1 is 0.484 bits per heavy atom. The molecule has 0 unspecified atom stereocenters. The van der Waals surface area contributed by atoms with E-state index in [9.17, 15) is 25.9 Å². The monoisotopic (exact) mass is 498 g/mol. The van der Waals surface area contributed by atoms with Crippen molar-refractivity contribution >= 4 is 43.9 Å². The summed E-state index contributed by atoms with van der Waals surface area (Å²) in [5.74, 6) is 0. The minimum absolute atomic E-state index is 0. The zero-order chi connectivity index (χ0) is 23.1. The molecule has 0 saturated heterocycles. The van der Waals surface area contributed by atoms with Crippen LogP contribution in [0.15, 0.2) is 0 Å². The zero-order valence-electron chi connectivity index (χ0n) is 19.5. The van der Waals surface area contributed by atoms with Crippen LogP contribution in [0.5, 0.6) is 0 Å². The van der Waals surface area contributed by atoms with Gasteiger partial charge in [-0.15, -0.1) is 0 Å². The second-order valence-corrected chi connectivity index (χ2v) is 9.51. The molecule has 0 amide bonds. The van der Waals surface area contributed by atoms with Gasteiger partial charge in [0.05, 0.1) is 13.2 Å². The van der Waals surface area contributed by atoms with Crippen molar-refractivity contribution in [3.05, 3.63) is 0 Å². The Morgan fingerprint density at radius 2 is 0.710 bits per heavy atom. The molecule has 0 radical (unpaired) electrons. The number of unbranched alkanes of at least 4 members (excludes halogenated alkanes) is 14. The van der Waals surface area contributed by atoms with Crippen LogP contribution in [0.3, 0.4) is 0 Å². The molecule has 0 aliphatic carbocycles. The van der Waals surface area contributed by atoms with Crippen molar-refractivity contribution in [3.8, 4) is 0 Å². The maximum atomic E-state index is 10.1. The largest absolute Gasteiger partial charge is 2.00 e. The van der Waals surface area contributed by atoms with Gasteiger partial charge in [0.1, 0.15) is 0 Å². The Hall–Kier alpha value is 0.506. The van der Waals surface area contributed by atoms with Crippen LogP contribution >= 0.6 is 0 Å². The molecule has 184 valence electrons. The smallest absolute Gasteiger partial charge is 0.726 e. The molecule has 0 rings (SSSR count). The van der Waals surface area contributed by atoms with Gasteiger partial charge in [0.15, 0.2) is 0 Å². The van der Waals surface area contributed by atoms with Crippen LogP contribution in [-0.4, -0.2) is 62.2 Å². The zero-order valence-corrected chi connectivity index (χ0v) is 22.6. The molecule has 0 aliphatic heterocycles. The van der Waals surface area contributed by atoms with E-state index in [0.717, 1.165) is 25.7 Å². The summed E-state index contributed by atoms with van der Waals surface area (Å²) in [6.45, 7) is 4.42. The van der Waals surface area contributed by atoms with E-state index in [1.807, 2.05) is 0 Å². The Kier molecular flexibility index (Phi) is 29.3. The third-order valence-corrected chi connectivity index (χ3v) is 5.36. The molecule has 0 aromatic rings. The van der Waals surface area contributed by atoms with Gasteiger partial charge in [-0.25, -0.2) is 16.8 Å². The first kappa shape index (κ1) is 36.1. The molecular weight excluding hydrogens is 457 g/mol. The fourth-order valence-corrected chi connectivity index (χ4v) is 3.44. The molecule has 0 aliphatic rings. The van der Waals surface area contributed by atoms with Crippen LogP contribution in [0.2, 0.25) is 0 Å². The first-order chi connectivity index (χ1) is 14.1. The summed E-state index contributed by atoms with van der Waals surface area (Å²) in [4.78, 5) is 0. The van der Waals surface area contributed by atoms with Gasteiger partial charge in [0.25, 0.3) is 0 Å². The van der Waals surface area contributed by atoms with Crippen LogP contribution in [0.4, 0.5) is 0 Å². The Bertz CT molecular complexity index is 504. The van der Waals surface area contributed by atoms with Crippen molar-refractivity contribution in [2.75, 3.05) is 13.2 Å². The molecule has 0 N–H and O–H groups in total. The molecule has 0 bridgehead atoms. The number of hydrogen-bond acceptors (Lipinski definition) is 8. The van der Waals surface area contributed by atoms with E-state index in [4.69, 9.17) is 0 Å². The molecule has 0 atom stereocenters. The van der Waals surface area contributed by atoms with Gasteiger partial charge in [0.2, 0.25) is 20.8 Å². The molecule has 0 spiro atoms. The van der Waals surface area contributed by atoms with E-state index in [1.54, 1.807) is 0 Å². The number of hydrogen-bond donors (Lipinski definition) is 0. The molecule has 8 nitrogen and oxygen atoms in total. The van der Waals surface area contributed by atoms with Crippen molar-refractivity contribution in [1.82, 2.24) is 0 Å². The minimum atomic E-state index is -4.48. The minimum Gasteiger partial charge on any atom is -0.726 e. The predicted octanol–water partition coefficient (Wildman–Crippen LogP) is 4.83. The summed E-state index contributed by atoms with van der Waals surface area (Å²) < 4.78 is 68.5. The molecular formula is C20H42MgO8S2. The van der Waals surface area contributed by atoms with E-state index < -0.39 is 20.8 Å². The van der Waals surface area contributed by atoms with Crippen LogP contribution in [0.25, 0.3) is 0 Å². The van der Waals surface area contributed by atoms with Gasteiger partial charge >= 0.3 is 23.1 Å². The maximum absolute atomic E-state index is 10.1. The van der Waals surface area contributed by atoms with Crippen LogP contribution in [-0.2, 0) is 29.2 Å². The fourth-order valence-electron chi connectivity index (χ4n) is 2.79. The van der Waals surface area contributed by atoms with E-state index >= 15 is 0 Å². The summed E-state index contributed by atoms with van der Waals surface area (Å²) in [6.07, 6.45) is 17.8. The molecule has 0 fully saturated rings. The number of rotatable bonds is 20. The summed E-state index contributed by atoms with van der Waals surface area (Å²) in [6, 6.07) is 0. The standard InChI is InChI=1S/2C10H22O4S.Mg/c2*1-2-3-4-5-6-7-8-9-10-14-15(11,12)13;/h2*2-10H2,1H3,(H,11,12,13);/q;;+2/p-2. The van der Waals surface area contributed by atoms with Crippen LogP contribution in [0.1, 0.15) is 117 Å². The average Bonchev–Trinajstić information content (AvgIpc) is 2.64. The first-order valence-electron chi connectivity index (χ1n) is 11.3. The third-order valence-electron chi connectivity index (χ3n) is 4.45. The fraction of sp³-hybridized carbons (Fsp3) is 1.00. The summed E-state index contributed by atoms with van der Waals surface area (Å²) in [5, 5.41) is 0. The van der Waals surface area contributed by atoms with Gasteiger partial charge < -0.3 is 9.11 Å². The van der Waals surface area contributed by atoms with E-state index in [2.05, 4.69) is 22.2 Å². The van der Waals surface area contributed by atoms with E-state index in [-0.39, 0.29) is 36.3 Å². The quantitative estimate of drug-likeness (QED) is 0.101. The molecule has 11 heteroatoms. The molecule has 0 saturated carbocycles. The van der Waals surface area contributed by atoms with Crippen LogP contribution < -0.4 is 0 Å². The Morgan fingerprint density at radius 3 is 0.935 bits per heavy atom. The SMILES string of the molecule is CCCCCCCCCCOS(=O)(=O)[O-].CCCCCCCCCCOS(=O)(=O)[O-].[Mg+2]. The molecule has 0 heterocycles. The molecule has 0 aromatic carbocycles. The van der Waals surface area contributed by atoms with Crippen molar-refractivity contribution in [3.63, 3.8) is 0 Å². The van der Waals surface area contributed by atoms with E-state index in [1.165, 1.54) is 64.2 Å². The predicted molar refractivity (Wildman–Crippen MR) is 122 cm³/mol. The first-order valence-corrected chi connectivity index (χ1v) is 14.0. The second-order valence-electron chi connectivity index (χ2n) is 7.41.